The third kappa shape index (κ3) is 1.71. The van der Waals surface area contributed by atoms with Gasteiger partial charge in [0, 0.05) is 6.42 Å². The summed E-state index contributed by atoms with van der Waals surface area (Å²) < 4.78 is 11.8. The first-order valence-corrected chi connectivity index (χ1v) is 6.26. The topological polar surface area (TPSA) is 35.5 Å². The van der Waals surface area contributed by atoms with Gasteiger partial charge in [0.05, 0.1) is 13.2 Å². The van der Waals surface area contributed by atoms with Gasteiger partial charge in [0.1, 0.15) is 11.7 Å². The molecule has 1 fully saturated rings. The van der Waals surface area contributed by atoms with Gasteiger partial charge in [-0.3, -0.25) is 4.79 Å². The van der Waals surface area contributed by atoms with Crippen molar-refractivity contribution in [3.63, 3.8) is 0 Å². The molecule has 3 nitrogen and oxygen atoms in total. The van der Waals surface area contributed by atoms with E-state index in [0.29, 0.717) is 19.6 Å². The Morgan fingerprint density at radius 1 is 1.28 bits per heavy atom. The standard InChI is InChI=1S/C15H16O3/c1-11-4-2-3-5-13(11)15-7-6-12(16)10-14(15)17-8-9-18-15/h2-7,14H,8-10H2,1H3/t14-,15-/m0/s1. The van der Waals surface area contributed by atoms with Crippen LogP contribution in [-0.4, -0.2) is 25.1 Å². The van der Waals surface area contributed by atoms with Gasteiger partial charge < -0.3 is 9.47 Å². The maximum atomic E-state index is 11.6. The molecule has 0 unspecified atom stereocenters. The van der Waals surface area contributed by atoms with Gasteiger partial charge in [0.2, 0.25) is 0 Å². The molecule has 1 aromatic rings. The van der Waals surface area contributed by atoms with E-state index >= 15 is 0 Å². The minimum atomic E-state index is -0.586. The summed E-state index contributed by atoms with van der Waals surface area (Å²) in [6, 6.07) is 8.11. The number of rotatable bonds is 1. The Morgan fingerprint density at radius 2 is 2.11 bits per heavy atom. The van der Waals surface area contributed by atoms with Crippen molar-refractivity contribution in [3.8, 4) is 0 Å². The molecule has 1 heterocycles. The van der Waals surface area contributed by atoms with E-state index in [-0.39, 0.29) is 11.9 Å². The summed E-state index contributed by atoms with van der Waals surface area (Å²) in [6.07, 6.45) is 3.68. The molecule has 0 radical (unpaired) electrons. The van der Waals surface area contributed by atoms with Crippen LogP contribution >= 0.6 is 0 Å². The maximum Gasteiger partial charge on any atom is 0.158 e. The minimum Gasteiger partial charge on any atom is -0.372 e. The summed E-state index contributed by atoms with van der Waals surface area (Å²) in [5, 5.41) is 0. The van der Waals surface area contributed by atoms with E-state index in [4.69, 9.17) is 9.47 Å². The maximum absolute atomic E-state index is 11.6. The van der Waals surface area contributed by atoms with Crippen LogP contribution in [0.25, 0.3) is 0 Å². The van der Waals surface area contributed by atoms with Crippen LogP contribution in [0.2, 0.25) is 0 Å². The van der Waals surface area contributed by atoms with E-state index in [2.05, 4.69) is 19.1 Å². The molecule has 0 saturated carbocycles. The van der Waals surface area contributed by atoms with Gasteiger partial charge in [-0.15, -0.1) is 0 Å². The van der Waals surface area contributed by atoms with Crippen molar-refractivity contribution in [1.82, 2.24) is 0 Å². The number of ether oxygens (including phenoxy) is 2. The van der Waals surface area contributed by atoms with Crippen LogP contribution in [0.3, 0.4) is 0 Å². The van der Waals surface area contributed by atoms with E-state index in [0.717, 1.165) is 11.1 Å². The second kappa shape index (κ2) is 4.34. The molecular weight excluding hydrogens is 228 g/mol. The monoisotopic (exact) mass is 244 g/mol. The Morgan fingerprint density at radius 3 is 2.94 bits per heavy atom. The lowest BCUT2D eigenvalue weighted by Crippen LogP contribution is -2.50. The van der Waals surface area contributed by atoms with Gasteiger partial charge in [-0.1, -0.05) is 24.3 Å². The first-order valence-electron chi connectivity index (χ1n) is 6.26. The van der Waals surface area contributed by atoms with Crippen molar-refractivity contribution in [2.75, 3.05) is 13.2 Å². The fraction of sp³-hybridized carbons (Fsp3) is 0.400. The zero-order chi connectivity index (χ0) is 12.6. The van der Waals surface area contributed by atoms with Gasteiger partial charge in [0.15, 0.2) is 5.78 Å². The molecule has 0 amide bonds. The van der Waals surface area contributed by atoms with Gasteiger partial charge in [0.25, 0.3) is 0 Å². The second-order valence-electron chi connectivity index (χ2n) is 4.82. The van der Waals surface area contributed by atoms with Gasteiger partial charge in [-0.25, -0.2) is 0 Å². The largest absolute Gasteiger partial charge is 0.372 e. The van der Waals surface area contributed by atoms with Crippen LogP contribution in [0.15, 0.2) is 36.4 Å². The molecule has 18 heavy (non-hydrogen) atoms. The third-order valence-corrected chi connectivity index (χ3v) is 3.69. The Labute approximate surface area is 106 Å². The normalized spacial score (nSPS) is 31.2. The smallest absolute Gasteiger partial charge is 0.158 e. The Balaban J connectivity index is 2.12. The molecular formula is C15H16O3. The molecule has 94 valence electrons. The Bertz CT molecular complexity index is 506. The quantitative estimate of drug-likeness (QED) is 0.759. The summed E-state index contributed by atoms with van der Waals surface area (Å²) in [5.74, 6) is 0.106. The molecule has 0 spiro atoms. The van der Waals surface area contributed by atoms with Crippen LogP contribution in [0.5, 0.6) is 0 Å². The van der Waals surface area contributed by atoms with Crippen molar-refractivity contribution in [1.29, 1.82) is 0 Å². The molecule has 1 saturated heterocycles. The van der Waals surface area contributed by atoms with Gasteiger partial charge >= 0.3 is 0 Å². The number of benzene rings is 1. The van der Waals surface area contributed by atoms with E-state index in [1.165, 1.54) is 0 Å². The third-order valence-electron chi connectivity index (χ3n) is 3.69. The number of ketones is 1. The SMILES string of the molecule is Cc1ccccc1[C@@]12C=CC(=O)C[C@@H]1OCCO2. The number of carbonyl (C=O) groups excluding carboxylic acids is 1. The molecule has 0 aromatic heterocycles. The summed E-state index contributed by atoms with van der Waals surface area (Å²) in [7, 11) is 0. The number of fused-ring (bicyclic) bond motifs is 1. The average Bonchev–Trinajstić information content (AvgIpc) is 2.39. The lowest BCUT2D eigenvalue weighted by Gasteiger charge is -2.44. The Kier molecular flexibility index (Phi) is 2.80. The van der Waals surface area contributed by atoms with E-state index < -0.39 is 5.60 Å². The van der Waals surface area contributed by atoms with Crippen molar-refractivity contribution >= 4 is 5.78 Å². The molecule has 3 heteroatoms. The summed E-state index contributed by atoms with van der Waals surface area (Å²) in [4.78, 5) is 11.6. The highest BCUT2D eigenvalue weighted by molar-refractivity contribution is 5.91. The first kappa shape index (κ1) is 11.6. The molecule has 3 rings (SSSR count). The van der Waals surface area contributed by atoms with Crippen molar-refractivity contribution < 1.29 is 14.3 Å². The summed E-state index contributed by atoms with van der Waals surface area (Å²) >= 11 is 0. The number of hydrogen-bond acceptors (Lipinski definition) is 3. The van der Waals surface area contributed by atoms with Crippen LogP contribution < -0.4 is 0 Å². The summed E-state index contributed by atoms with van der Waals surface area (Å²) in [6.45, 7) is 3.17. The highest BCUT2D eigenvalue weighted by Gasteiger charge is 2.46. The van der Waals surface area contributed by atoms with Gasteiger partial charge in [-0.05, 0) is 30.2 Å². The number of aryl methyl sites for hydroxylation is 1. The molecule has 1 aliphatic carbocycles. The average molecular weight is 244 g/mol. The Hall–Kier alpha value is -1.45. The van der Waals surface area contributed by atoms with Crippen molar-refractivity contribution in [3.05, 3.63) is 47.5 Å². The molecule has 0 N–H and O–H groups in total. The molecule has 2 atom stereocenters. The molecule has 1 aliphatic heterocycles. The fourth-order valence-corrected chi connectivity index (χ4v) is 2.80. The number of allylic oxidation sites excluding steroid dienone is 1. The highest BCUT2D eigenvalue weighted by Crippen LogP contribution is 2.40. The predicted octanol–water partition coefficient (Wildman–Crippen LogP) is 2.13. The lowest BCUT2D eigenvalue weighted by molar-refractivity contribution is -0.191. The minimum absolute atomic E-state index is 0.106. The summed E-state index contributed by atoms with van der Waals surface area (Å²) in [5.41, 5.74) is 1.67. The van der Waals surface area contributed by atoms with E-state index in [1.807, 2.05) is 18.2 Å². The van der Waals surface area contributed by atoms with Crippen LogP contribution in [0, 0.1) is 6.92 Å². The zero-order valence-corrected chi connectivity index (χ0v) is 10.4. The van der Waals surface area contributed by atoms with Crippen LogP contribution in [-0.2, 0) is 19.9 Å². The van der Waals surface area contributed by atoms with Gasteiger partial charge in [-0.2, -0.15) is 0 Å². The fourth-order valence-electron chi connectivity index (χ4n) is 2.80. The van der Waals surface area contributed by atoms with Crippen molar-refractivity contribution in [2.45, 2.75) is 25.0 Å². The molecule has 0 bridgehead atoms. The van der Waals surface area contributed by atoms with Crippen LogP contribution in [0.1, 0.15) is 17.5 Å². The molecule has 1 aromatic carbocycles. The number of hydrogen-bond donors (Lipinski definition) is 0. The zero-order valence-electron chi connectivity index (χ0n) is 10.4. The lowest BCUT2D eigenvalue weighted by atomic mass is 9.79. The van der Waals surface area contributed by atoms with Crippen LogP contribution in [0.4, 0.5) is 0 Å². The molecule has 2 aliphatic rings. The number of carbonyl (C=O) groups is 1. The first-order chi connectivity index (χ1) is 8.72. The van der Waals surface area contributed by atoms with E-state index in [9.17, 15) is 4.79 Å². The second-order valence-corrected chi connectivity index (χ2v) is 4.82. The van der Waals surface area contributed by atoms with Crippen molar-refractivity contribution in [2.24, 2.45) is 0 Å². The predicted molar refractivity (Wildman–Crippen MR) is 67.3 cm³/mol. The highest BCUT2D eigenvalue weighted by atomic mass is 16.6. The van der Waals surface area contributed by atoms with E-state index in [1.54, 1.807) is 6.08 Å².